The first kappa shape index (κ1) is 15.7. The highest BCUT2D eigenvalue weighted by Crippen LogP contribution is 2.15. The fourth-order valence-electron chi connectivity index (χ4n) is 2.15. The lowest BCUT2D eigenvalue weighted by Crippen LogP contribution is -2.45. The van der Waals surface area contributed by atoms with Crippen molar-refractivity contribution in [1.29, 1.82) is 0 Å². The minimum Gasteiger partial charge on any atom is -0.368 e. The first-order chi connectivity index (χ1) is 9.77. The van der Waals surface area contributed by atoms with E-state index in [0.29, 0.717) is 0 Å². The number of hydrogen-bond donors (Lipinski definition) is 0. The zero-order valence-corrected chi connectivity index (χ0v) is 13.3. The summed E-state index contributed by atoms with van der Waals surface area (Å²) >= 11 is 0. The normalized spacial score (nSPS) is 17.0. The predicted molar refractivity (Wildman–Crippen MR) is 82.7 cm³/mol. The Bertz CT molecular complexity index is 566. The Morgan fingerprint density at radius 2 is 1.86 bits per heavy atom. The van der Waals surface area contributed by atoms with Crippen molar-refractivity contribution in [3.05, 3.63) is 22.6 Å². The fraction of sp³-hybridized carbons (Fsp3) is 0.667. The van der Waals surface area contributed by atoms with Crippen LogP contribution in [0.2, 0.25) is 0 Å². The molecule has 6 nitrogen and oxygen atoms in total. The number of likely N-dealkylation sites (N-methyl/N-ethyl adjacent to an activating group) is 1. The average Bonchev–Trinajstić information content (AvgIpc) is 2.41. The first-order valence-corrected chi connectivity index (χ1v) is 7.31. The SMILES string of the molecule is CN1CCN(c2cnn(CC(=O)C(C)(C)C)c(=O)c2)CC1. The number of ketones is 1. The average molecular weight is 292 g/mol. The van der Waals surface area contributed by atoms with Crippen LogP contribution in [0.1, 0.15) is 20.8 Å². The smallest absolute Gasteiger partial charge is 0.269 e. The van der Waals surface area contributed by atoms with Crippen molar-refractivity contribution >= 4 is 11.5 Å². The molecular weight excluding hydrogens is 268 g/mol. The molecule has 0 bridgehead atoms. The van der Waals surface area contributed by atoms with Gasteiger partial charge in [-0.25, -0.2) is 4.68 Å². The number of nitrogens with zero attached hydrogens (tertiary/aromatic N) is 4. The van der Waals surface area contributed by atoms with Gasteiger partial charge in [0, 0.05) is 37.7 Å². The molecule has 6 heteroatoms. The minimum absolute atomic E-state index is 0.00412. The van der Waals surface area contributed by atoms with E-state index in [1.807, 2.05) is 20.8 Å². The molecule has 0 atom stereocenters. The largest absolute Gasteiger partial charge is 0.368 e. The van der Waals surface area contributed by atoms with Crippen LogP contribution in [-0.2, 0) is 11.3 Å². The second-order valence-electron chi connectivity index (χ2n) is 6.67. The van der Waals surface area contributed by atoms with Gasteiger partial charge >= 0.3 is 0 Å². The van der Waals surface area contributed by atoms with Crippen LogP contribution in [0, 0.1) is 5.41 Å². The van der Waals surface area contributed by atoms with Crippen molar-refractivity contribution in [1.82, 2.24) is 14.7 Å². The molecule has 1 aromatic rings. The maximum Gasteiger partial charge on any atom is 0.269 e. The molecule has 21 heavy (non-hydrogen) atoms. The third kappa shape index (κ3) is 3.91. The van der Waals surface area contributed by atoms with E-state index in [2.05, 4.69) is 21.9 Å². The lowest BCUT2D eigenvalue weighted by Gasteiger charge is -2.33. The Labute approximate surface area is 125 Å². The van der Waals surface area contributed by atoms with Crippen molar-refractivity contribution in [2.24, 2.45) is 5.41 Å². The molecule has 1 aliphatic rings. The number of piperazine rings is 1. The van der Waals surface area contributed by atoms with Crippen LogP contribution in [0.3, 0.4) is 0 Å². The molecule has 2 rings (SSSR count). The van der Waals surface area contributed by atoms with Crippen LogP contribution in [0.15, 0.2) is 17.1 Å². The van der Waals surface area contributed by atoms with E-state index in [4.69, 9.17) is 0 Å². The molecule has 0 aliphatic carbocycles. The summed E-state index contributed by atoms with van der Waals surface area (Å²) in [6.07, 6.45) is 1.68. The Morgan fingerprint density at radius 3 is 2.38 bits per heavy atom. The van der Waals surface area contributed by atoms with Crippen molar-refractivity contribution in [2.75, 3.05) is 38.1 Å². The summed E-state index contributed by atoms with van der Waals surface area (Å²) in [5.41, 5.74) is 0.161. The molecule has 0 spiro atoms. The lowest BCUT2D eigenvalue weighted by atomic mass is 9.91. The van der Waals surface area contributed by atoms with Crippen LogP contribution < -0.4 is 10.5 Å². The van der Waals surface area contributed by atoms with Gasteiger partial charge in [0.1, 0.15) is 6.54 Å². The van der Waals surface area contributed by atoms with Gasteiger partial charge in [-0.15, -0.1) is 0 Å². The van der Waals surface area contributed by atoms with Crippen LogP contribution >= 0.6 is 0 Å². The van der Waals surface area contributed by atoms with E-state index in [1.54, 1.807) is 12.3 Å². The zero-order valence-electron chi connectivity index (χ0n) is 13.3. The molecule has 1 aliphatic heterocycles. The Morgan fingerprint density at radius 1 is 1.24 bits per heavy atom. The molecule has 0 radical (unpaired) electrons. The summed E-state index contributed by atoms with van der Waals surface area (Å²) < 4.78 is 1.24. The van der Waals surface area contributed by atoms with Crippen molar-refractivity contribution in [3.63, 3.8) is 0 Å². The van der Waals surface area contributed by atoms with Gasteiger partial charge < -0.3 is 9.80 Å². The summed E-state index contributed by atoms with van der Waals surface area (Å²) in [7, 11) is 2.09. The van der Waals surface area contributed by atoms with Crippen molar-refractivity contribution in [2.45, 2.75) is 27.3 Å². The summed E-state index contributed by atoms with van der Waals surface area (Å²) in [6, 6.07) is 1.58. The molecule has 1 saturated heterocycles. The van der Waals surface area contributed by atoms with Crippen LogP contribution in [-0.4, -0.2) is 53.7 Å². The molecule has 0 amide bonds. The van der Waals surface area contributed by atoms with E-state index in [9.17, 15) is 9.59 Å². The highest BCUT2D eigenvalue weighted by atomic mass is 16.1. The summed E-state index contributed by atoms with van der Waals surface area (Å²) in [4.78, 5) is 28.5. The Hall–Kier alpha value is -1.69. The topological polar surface area (TPSA) is 58.4 Å². The summed E-state index contributed by atoms with van der Waals surface area (Å²) in [5, 5.41) is 4.15. The van der Waals surface area contributed by atoms with Gasteiger partial charge in [0.05, 0.1) is 11.9 Å². The third-order valence-corrected chi connectivity index (χ3v) is 3.85. The monoisotopic (exact) mass is 292 g/mol. The maximum absolute atomic E-state index is 12.1. The van der Waals surface area contributed by atoms with E-state index < -0.39 is 5.41 Å². The van der Waals surface area contributed by atoms with E-state index in [-0.39, 0.29) is 17.9 Å². The molecular formula is C15H24N4O2. The molecule has 0 saturated carbocycles. The molecule has 2 heterocycles. The van der Waals surface area contributed by atoms with E-state index >= 15 is 0 Å². The third-order valence-electron chi connectivity index (χ3n) is 3.85. The van der Waals surface area contributed by atoms with Gasteiger partial charge in [-0.05, 0) is 7.05 Å². The standard InChI is InChI=1S/C15H24N4O2/c1-15(2,3)13(20)11-19-14(21)9-12(10-16-19)18-7-5-17(4)6-8-18/h9-10H,5-8,11H2,1-4H3. The van der Waals surface area contributed by atoms with Crippen LogP contribution in [0.4, 0.5) is 5.69 Å². The fourth-order valence-corrected chi connectivity index (χ4v) is 2.15. The number of anilines is 1. The number of Topliss-reactive ketones (excluding diaryl/α,β-unsaturated/α-hetero) is 1. The molecule has 1 aromatic heterocycles. The van der Waals surface area contributed by atoms with E-state index in [1.165, 1.54) is 4.68 Å². The van der Waals surface area contributed by atoms with Crippen molar-refractivity contribution in [3.8, 4) is 0 Å². The van der Waals surface area contributed by atoms with Crippen LogP contribution in [0.25, 0.3) is 0 Å². The second kappa shape index (κ2) is 5.97. The Balaban J connectivity index is 2.11. The number of hydrogen-bond acceptors (Lipinski definition) is 5. The van der Waals surface area contributed by atoms with Gasteiger partial charge in [0.2, 0.25) is 0 Å². The molecule has 0 N–H and O–H groups in total. The highest BCUT2D eigenvalue weighted by molar-refractivity contribution is 5.83. The molecule has 0 unspecified atom stereocenters. The van der Waals surface area contributed by atoms with E-state index in [0.717, 1.165) is 31.9 Å². The quantitative estimate of drug-likeness (QED) is 0.817. The van der Waals surface area contributed by atoms with Gasteiger partial charge in [-0.1, -0.05) is 20.8 Å². The summed E-state index contributed by atoms with van der Waals surface area (Å²) in [6.45, 7) is 9.31. The molecule has 116 valence electrons. The molecule has 0 aromatic carbocycles. The number of carbonyl (C=O) groups excluding carboxylic acids is 1. The number of carbonyl (C=O) groups is 1. The highest BCUT2D eigenvalue weighted by Gasteiger charge is 2.22. The Kier molecular flexibility index (Phi) is 4.46. The second-order valence-corrected chi connectivity index (χ2v) is 6.67. The number of rotatable bonds is 3. The van der Waals surface area contributed by atoms with Crippen LogP contribution in [0.5, 0.6) is 0 Å². The zero-order chi connectivity index (χ0) is 15.6. The van der Waals surface area contributed by atoms with Gasteiger partial charge in [-0.2, -0.15) is 5.10 Å². The van der Waals surface area contributed by atoms with Gasteiger partial charge in [0.15, 0.2) is 5.78 Å². The predicted octanol–water partition coefficient (Wildman–Crippen LogP) is 0.610. The van der Waals surface area contributed by atoms with Gasteiger partial charge in [-0.3, -0.25) is 9.59 Å². The van der Waals surface area contributed by atoms with Gasteiger partial charge in [0.25, 0.3) is 5.56 Å². The van der Waals surface area contributed by atoms with Crippen molar-refractivity contribution < 1.29 is 4.79 Å². The molecule has 1 fully saturated rings. The number of aromatic nitrogens is 2. The lowest BCUT2D eigenvalue weighted by molar-refractivity contribution is -0.127. The summed E-state index contributed by atoms with van der Waals surface area (Å²) in [5.74, 6) is 0.00412. The first-order valence-electron chi connectivity index (χ1n) is 7.31. The maximum atomic E-state index is 12.1. The minimum atomic E-state index is -0.461.